The molecule has 0 bridgehead atoms. The molecule has 1 unspecified atom stereocenters. The number of rotatable bonds is 0. The van der Waals surface area contributed by atoms with Crippen molar-refractivity contribution in [3.63, 3.8) is 0 Å². The quantitative estimate of drug-likeness (QED) is 0.461. The van der Waals surface area contributed by atoms with Crippen LogP contribution in [0.25, 0.3) is 0 Å². The van der Waals surface area contributed by atoms with Crippen LogP contribution in [-0.2, 0) is 0 Å². The molecule has 3 N–H and O–H groups in total. The lowest BCUT2D eigenvalue weighted by atomic mass is 10.2. The van der Waals surface area contributed by atoms with Gasteiger partial charge in [0, 0.05) is 12.2 Å². The zero-order valence-electron chi connectivity index (χ0n) is 5.54. The van der Waals surface area contributed by atoms with Gasteiger partial charge in [-0.25, -0.2) is 0 Å². The van der Waals surface area contributed by atoms with E-state index in [0.29, 0.717) is 5.70 Å². The summed E-state index contributed by atoms with van der Waals surface area (Å²) in [7, 11) is 1.85. The molecule has 0 spiro atoms. The van der Waals surface area contributed by atoms with Crippen LogP contribution < -0.4 is 5.73 Å². The molecule has 1 rings (SSSR count). The van der Waals surface area contributed by atoms with Crippen molar-refractivity contribution in [3.05, 3.63) is 11.8 Å². The molecule has 0 aromatic carbocycles. The third-order valence-electron chi connectivity index (χ3n) is 1.58. The summed E-state index contributed by atoms with van der Waals surface area (Å²) < 4.78 is 0. The third-order valence-corrected chi connectivity index (χ3v) is 1.58. The van der Waals surface area contributed by atoms with E-state index < -0.39 is 6.23 Å². The first kappa shape index (κ1) is 6.58. The lowest BCUT2D eigenvalue weighted by molar-refractivity contribution is 0.0458. The molecule has 0 radical (unpaired) electrons. The minimum atomic E-state index is -0.557. The largest absolute Gasteiger partial charge is 0.399 e. The van der Waals surface area contributed by atoms with E-state index in [1.807, 2.05) is 18.0 Å². The summed E-state index contributed by atoms with van der Waals surface area (Å²) in [6.45, 7) is 0.891. The Balaban J connectivity index is 2.62. The predicted octanol–water partition coefficient (Wildman–Crippen LogP) is -0.517. The number of likely N-dealkylation sites (N-methyl/N-ethyl adjacent to an activating group) is 1. The molecular weight excluding hydrogens is 116 g/mol. The van der Waals surface area contributed by atoms with Crippen molar-refractivity contribution in [2.75, 3.05) is 13.6 Å². The second-order valence-corrected chi connectivity index (χ2v) is 2.35. The number of hydrogen-bond donors (Lipinski definition) is 2. The van der Waals surface area contributed by atoms with E-state index in [0.717, 1.165) is 13.0 Å². The maximum atomic E-state index is 9.18. The highest BCUT2D eigenvalue weighted by Crippen LogP contribution is 2.08. The van der Waals surface area contributed by atoms with Crippen molar-refractivity contribution >= 4 is 0 Å². The Hall–Kier alpha value is -0.540. The normalized spacial score (nSPS) is 30.0. The van der Waals surface area contributed by atoms with Crippen LogP contribution in [0.3, 0.4) is 0 Å². The molecule has 0 saturated carbocycles. The number of aliphatic hydroxyl groups excluding tert-OH is 1. The van der Waals surface area contributed by atoms with Gasteiger partial charge in [0.15, 0.2) is 0 Å². The fourth-order valence-corrected chi connectivity index (χ4v) is 0.917. The molecule has 0 aromatic heterocycles. The van der Waals surface area contributed by atoms with E-state index in [9.17, 15) is 5.11 Å². The summed E-state index contributed by atoms with van der Waals surface area (Å²) in [4.78, 5) is 1.81. The molecule has 0 saturated heterocycles. The number of hydrogen-bond acceptors (Lipinski definition) is 3. The van der Waals surface area contributed by atoms with Gasteiger partial charge in [0.2, 0.25) is 0 Å². The highest BCUT2D eigenvalue weighted by Gasteiger charge is 2.16. The first-order valence-electron chi connectivity index (χ1n) is 3.05. The molecule has 3 nitrogen and oxygen atoms in total. The molecule has 1 aliphatic rings. The maximum Gasteiger partial charge on any atom is 0.147 e. The van der Waals surface area contributed by atoms with Gasteiger partial charge in [-0.3, -0.25) is 4.90 Å². The summed E-state index contributed by atoms with van der Waals surface area (Å²) in [5.74, 6) is 0. The molecule has 9 heavy (non-hydrogen) atoms. The van der Waals surface area contributed by atoms with Crippen LogP contribution in [0.2, 0.25) is 0 Å². The average Bonchev–Trinajstić information content (AvgIpc) is 1.83. The number of nitrogens with two attached hydrogens (primary N) is 1. The monoisotopic (exact) mass is 128 g/mol. The van der Waals surface area contributed by atoms with Crippen molar-refractivity contribution < 1.29 is 5.11 Å². The van der Waals surface area contributed by atoms with Gasteiger partial charge >= 0.3 is 0 Å². The van der Waals surface area contributed by atoms with Crippen LogP contribution in [0, 0.1) is 0 Å². The van der Waals surface area contributed by atoms with Gasteiger partial charge in [-0.1, -0.05) is 6.08 Å². The molecule has 0 aliphatic carbocycles. The first-order chi connectivity index (χ1) is 4.22. The molecule has 52 valence electrons. The number of aliphatic hydroxyl groups is 1. The van der Waals surface area contributed by atoms with Crippen LogP contribution in [0.1, 0.15) is 6.42 Å². The highest BCUT2D eigenvalue weighted by molar-refractivity contribution is 5.05. The Kier molecular flexibility index (Phi) is 1.73. The van der Waals surface area contributed by atoms with Crippen molar-refractivity contribution in [1.29, 1.82) is 0 Å². The Morgan fingerprint density at radius 3 is 3.00 bits per heavy atom. The van der Waals surface area contributed by atoms with Crippen LogP contribution in [-0.4, -0.2) is 29.8 Å². The highest BCUT2D eigenvalue weighted by atomic mass is 16.3. The summed E-state index contributed by atoms with van der Waals surface area (Å²) in [6, 6.07) is 0. The van der Waals surface area contributed by atoms with E-state index >= 15 is 0 Å². The first-order valence-corrected chi connectivity index (χ1v) is 3.05. The SMILES string of the molecule is CN1CCC=C(N)C1O. The molecule has 1 aliphatic heterocycles. The van der Waals surface area contributed by atoms with E-state index in [1.165, 1.54) is 0 Å². The second-order valence-electron chi connectivity index (χ2n) is 2.35. The summed E-state index contributed by atoms with van der Waals surface area (Å²) in [5, 5.41) is 9.18. The number of nitrogens with zero attached hydrogens (tertiary/aromatic N) is 1. The summed E-state index contributed by atoms with van der Waals surface area (Å²) >= 11 is 0. The molecule has 1 atom stereocenters. The average molecular weight is 128 g/mol. The maximum absolute atomic E-state index is 9.18. The molecule has 0 fully saturated rings. The van der Waals surface area contributed by atoms with Crippen molar-refractivity contribution in [1.82, 2.24) is 4.90 Å². The van der Waals surface area contributed by atoms with Gasteiger partial charge < -0.3 is 10.8 Å². The zero-order chi connectivity index (χ0) is 6.85. The lowest BCUT2D eigenvalue weighted by Gasteiger charge is -2.26. The van der Waals surface area contributed by atoms with Crippen LogP contribution in [0.15, 0.2) is 11.8 Å². The Morgan fingerprint density at radius 2 is 2.56 bits per heavy atom. The molecule has 0 amide bonds. The van der Waals surface area contributed by atoms with Crippen molar-refractivity contribution in [3.8, 4) is 0 Å². The minimum Gasteiger partial charge on any atom is -0.399 e. The van der Waals surface area contributed by atoms with Gasteiger partial charge in [-0.05, 0) is 13.5 Å². The predicted molar refractivity (Wildman–Crippen MR) is 35.5 cm³/mol. The third kappa shape index (κ3) is 1.23. The van der Waals surface area contributed by atoms with Gasteiger partial charge in [-0.15, -0.1) is 0 Å². The fourth-order valence-electron chi connectivity index (χ4n) is 0.917. The van der Waals surface area contributed by atoms with Gasteiger partial charge in [0.25, 0.3) is 0 Å². The fraction of sp³-hybridized carbons (Fsp3) is 0.667. The zero-order valence-corrected chi connectivity index (χ0v) is 5.54. The Labute approximate surface area is 54.8 Å². The smallest absolute Gasteiger partial charge is 0.147 e. The van der Waals surface area contributed by atoms with Crippen molar-refractivity contribution in [2.24, 2.45) is 5.73 Å². The summed E-state index contributed by atoms with van der Waals surface area (Å²) in [6.07, 6.45) is 2.25. The van der Waals surface area contributed by atoms with Gasteiger partial charge in [-0.2, -0.15) is 0 Å². The van der Waals surface area contributed by atoms with Gasteiger partial charge in [0.05, 0.1) is 0 Å². The molecule has 0 aromatic rings. The molecule has 3 heteroatoms. The Bertz CT molecular complexity index is 133. The summed E-state index contributed by atoms with van der Waals surface area (Å²) in [5.41, 5.74) is 6.01. The van der Waals surface area contributed by atoms with E-state index in [2.05, 4.69) is 0 Å². The Morgan fingerprint density at radius 1 is 1.89 bits per heavy atom. The van der Waals surface area contributed by atoms with Crippen LogP contribution in [0.5, 0.6) is 0 Å². The topological polar surface area (TPSA) is 49.5 Å². The minimum absolute atomic E-state index is 0.557. The second kappa shape index (κ2) is 2.37. The van der Waals surface area contributed by atoms with Crippen molar-refractivity contribution in [2.45, 2.75) is 12.6 Å². The van der Waals surface area contributed by atoms with Crippen LogP contribution >= 0.6 is 0 Å². The van der Waals surface area contributed by atoms with E-state index in [-0.39, 0.29) is 0 Å². The van der Waals surface area contributed by atoms with E-state index in [4.69, 9.17) is 5.73 Å². The molecule has 1 heterocycles. The van der Waals surface area contributed by atoms with E-state index in [1.54, 1.807) is 0 Å². The molecular formula is C6H12N2O. The standard InChI is InChI=1S/C6H12N2O/c1-8-4-2-3-5(7)6(8)9/h3,6,9H,2,4,7H2,1H3. The lowest BCUT2D eigenvalue weighted by Crippen LogP contribution is -2.39. The van der Waals surface area contributed by atoms with Crippen LogP contribution in [0.4, 0.5) is 0 Å². The van der Waals surface area contributed by atoms with Gasteiger partial charge in [0.1, 0.15) is 6.23 Å².